The summed E-state index contributed by atoms with van der Waals surface area (Å²) in [5.41, 5.74) is 5.67. The molecule has 0 bridgehead atoms. The third-order valence-corrected chi connectivity index (χ3v) is 4.16. The van der Waals surface area contributed by atoms with E-state index in [1.165, 1.54) is 41.5 Å². The van der Waals surface area contributed by atoms with Gasteiger partial charge >= 0.3 is 0 Å². The van der Waals surface area contributed by atoms with Gasteiger partial charge in [0.25, 0.3) is 0 Å². The van der Waals surface area contributed by atoms with Gasteiger partial charge in [0.05, 0.1) is 12.3 Å². The summed E-state index contributed by atoms with van der Waals surface area (Å²) < 4.78 is 5.57. The van der Waals surface area contributed by atoms with Crippen molar-refractivity contribution < 1.29 is 4.42 Å². The van der Waals surface area contributed by atoms with Gasteiger partial charge in [-0.1, -0.05) is 25.1 Å². The molecule has 2 heteroatoms. The minimum Gasteiger partial charge on any atom is -0.469 e. The molecule has 0 amide bonds. The fourth-order valence-electron chi connectivity index (χ4n) is 3.17. The molecule has 0 aliphatic heterocycles. The summed E-state index contributed by atoms with van der Waals surface area (Å²) in [6.45, 7) is 2.14. The lowest BCUT2D eigenvalue weighted by atomic mass is 9.95. The first-order chi connectivity index (χ1) is 9.33. The Morgan fingerprint density at radius 1 is 1.21 bits per heavy atom. The molecule has 1 aromatic heterocycles. The molecule has 2 aromatic rings. The highest BCUT2D eigenvalue weighted by atomic mass is 16.3. The number of hydrogen-bond acceptors (Lipinski definition) is 2. The van der Waals surface area contributed by atoms with Crippen molar-refractivity contribution in [3.8, 4) is 0 Å². The molecule has 1 N–H and O–H groups in total. The van der Waals surface area contributed by atoms with Crippen molar-refractivity contribution in [2.45, 2.75) is 38.6 Å². The van der Waals surface area contributed by atoms with Crippen molar-refractivity contribution in [3.05, 3.63) is 58.5 Å². The molecule has 1 aliphatic rings. The van der Waals surface area contributed by atoms with Crippen molar-refractivity contribution >= 4 is 0 Å². The quantitative estimate of drug-likeness (QED) is 0.902. The number of rotatable bonds is 4. The van der Waals surface area contributed by atoms with Crippen LogP contribution in [0.3, 0.4) is 0 Å². The van der Waals surface area contributed by atoms with E-state index in [2.05, 4.69) is 36.5 Å². The van der Waals surface area contributed by atoms with E-state index < -0.39 is 0 Å². The van der Waals surface area contributed by atoms with Gasteiger partial charge in [0.1, 0.15) is 5.76 Å². The summed E-state index contributed by atoms with van der Waals surface area (Å²) in [5, 5.41) is 3.43. The summed E-state index contributed by atoms with van der Waals surface area (Å²) in [7, 11) is 2.02. The summed E-state index contributed by atoms with van der Waals surface area (Å²) in [6, 6.07) is 9.26. The predicted molar refractivity (Wildman–Crippen MR) is 77.5 cm³/mol. The van der Waals surface area contributed by atoms with Gasteiger partial charge < -0.3 is 9.73 Å². The molecule has 1 aromatic carbocycles. The molecular formula is C17H21NO. The third kappa shape index (κ3) is 2.21. The molecular weight excluding hydrogens is 234 g/mol. The first kappa shape index (κ1) is 12.5. The summed E-state index contributed by atoms with van der Waals surface area (Å²) in [4.78, 5) is 0. The SMILES string of the molecule is CCc1occc1C(NC)c1ccc2c(c1)CCC2. The maximum atomic E-state index is 5.57. The van der Waals surface area contributed by atoms with E-state index in [-0.39, 0.29) is 6.04 Å². The molecule has 2 nitrogen and oxygen atoms in total. The summed E-state index contributed by atoms with van der Waals surface area (Å²) in [5.74, 6) is 1.08. The van der Waals surface area contributed by atoms with Crippen molar-refractivity contribution in [2.75, 3.05) is 7.05 Å². The van der Waals surface area contributed by atoms with E-state index in [9.17, 15) is 0 Å². The number of furan rings is 1. The van der Waals surface area contributed by atoms with Gasteiger partial charge in [0.2, 0.25) is 0 Å². The number of fused-ring (bicyclic) bond motifs is 1. The maximum Gasteiger partial charge on any atom is 0.108 e. The third-order valence-electron chi connectivity index (χ3n) is 4.16. The Morgan fingerprint density at radius 2 is 2.05 bits per heavy atom. The molecule has 0 saturated carbocycles. The standard InChI is InChI=1S/C17H21NO/c1-3-16-15(9-10-19-16)17(18-2)14-8-7-12-5-4-6-13(12)11-14/h7-11,17-18H,3-6H2,1-2H3. The average Bonchev–Trinajstić information content (AvgIpc) is 3.07. The molecule has 3 rings (SSSR count). The average molecular weight is 255 g/mol. The molecule has 0 radical (unpaired) electrons. The van der Waals surface area contributed by atoms with Crippen molar-refractivity contribution in [1.82, 2.24) is 5.32 Å². The fraction of sp³-hybridized carbons (Fsp3) is 0.412. The fourth-order valence-corrected chi connectivity index (χ4v) is 3.17. The van der Waals surface area contributed by atoms with Crippen LogP contribution in [0.4, 0.5) is 0 Å². The highest BCUT2D eigenvalue weighted by Crippen LogP contribution is 2.30. The van der Waals surface area contributed by atoms with Gasteiger partial charge in [0.15, 0.2) is 0 Å². The van der Waals surface area contributed by atoms with Crippen LogP contribution in [-0.2, 0) is 19.3 Å². The van der Waals surface area contributed by atoms with Gasteiger partial charge in [-0.15, -0.1) is 0 Å². The molecule has 0 saturated heterocycles. The first-order valence-corrected chi connectivity index (χ1v) is 7.18. The van der Waals surface area contributed by atoms with Gasteiger partial charge in [-0.25, -0.2) is 0 Å². The Morgan fingerprint density at radius 3 is 2.84 bits per heavy atom. The van der Waals surface area contributed by atoms with Crippen LogP contribution in [0.5, 0.6) is 0 Å². The van der Waals surface area contributed by atoms with Crippen LogP contribution in [0.25, 0.3) is 0 Å². The number of aryl methyl sites for hydroxylation is 3. The second-order valence-electron chi connectivity index (χ2n) is 5.26. The molecule has 1 aliphatic carbocycles. The lowest BCUT2D eigenvalue weighted by Gasteiger charge is -2.18. The lowest BCUT2D eigenvalue weighted by Crippen LogP contribution is -2.18. The van der Waals surface area contributed by atoms with Crippen molar-refractivity contribution in [3.63, 3.8) is 0 Å². The Labute approximate surface area is 114 Å². The van der Waals surface area contributed by atoms with Crippen LogP contribution < -0.4 is 5.32 Å². The molecule has 100 valence electrons. The Bertz CT molecular complexity index is 570. The molecule has 0 fully saturated rings. The Hall–Kier alpha value is -1.54. The minimum absolute atomic E-state index is 0.236. The van der Waals surface area contributed by atoms with Crippen LogP contribution in [0.1, 0.15) is 47.4 Å². The van der Waals surface area contributed by atoms with Gasteiger partial charge in [-0.05, 0) is 49.1 Å². The maximum absolute atomic E-state index is 5.57. The molecule has 1 heterocycles. The van der Waals surface area contributed by atoms with Crippen LogP contribution in [0, 0.1) is 0 Å². The van der Waals surface area contributed by atoms with Crippen LogP contribution in [-0.4, -0.2) is 7.05 Å². The van der Waals surface area contributed by atoms with E-state index >= 15 is 0 Å². The number of hydrogen-bond donors (Lipinski definition) is 1. The van der Waals surface area contributed by atoms with Gasteiger partial charge in [0, 0.05) is 12.0 Å². The normalized spacial score (nSPS) is 15.5. The zero-order valence-corrected chi connectivity index (χ0v) is 11.7. The largest absolute Gasteiger partial charge is 0.469 e. The lowest BCUT2D eigenvalue weighted by molar-refractivity contribution is 0.505. The van der Waals surface area contributed by atoms with E-state index in [1.807, 2.05) is 7.05 Å². The van der Waals surface area contributed by atoms with Gasteiger partial charge in [-0.3, -0.25) is 0 Å². The monoisotopic (exact) mass is 255 g/mol. The first-order valence-electron chi connectivity index (χ1n) is 7.18. The highest BCUT2D eigenvalue weighted by molar-refractivity contribution is 5.40. The van der Waals surface area contributed by atoms with E-state index in [0.29, 0.717) is 0 Å². The Kier molecular flexibility index (Phi) is 3.43. The molecule has 19 heavy (non-hydrogen) atoms. The van der Waals surface area contributed by atoms with E-state index in [0.717, 1.165) is 12.2 Å². The predicted octanol–water partition coefficient (Wildman–Crippen LogP) is 3.64. The molecule has 1 atom stereocenters. The molecule has 1 unspecified atom stereocenters. The van der Waals surface area contributed by atoms with Crippen LogP contribution in [0.2, 0.25) is 0 Å². The molecule has 0 spiro atoms. The summed E-state index contributed by atoms with van der Waals surface area (Å²) >= 11 is 0. The summed E-state index contributed by atoms with van der Waals surface area (Å²) in [6.07, 6.45) is 6.50. The van der Waals surface area contributed by atoms with E-state index in [1.54, 1.807) is 6.26 Å². The van der Waals surface area contributed by atoms with Crippen molar-refractivity contribution in [1.29, 1.82) is 0 Å². The zero-order chi connectivity index (χ0) is 13.2. The minimum atomic E-state index is 0.236. The topological polar surface area (TPSA) is 25.2 Å². The second kappa shape index (κ2) is 5.22. The highest BCUT2D eigenvalue weighted by Gasteiger charge is 2.19. The van der Waals surface area contributed by atoms with E-state index in [4.69, 9.17) is 4.42 Å². The Balaban J connectivity index is 1.98. The smallest absolute Gasteiger partial charge is 0.108 e. The van der Waals surface area contributed by atoms with Crippen molar-refractivity contribution in [2.24, 2.45) is 0 Å². The zero-order valence-electron chi connectivity index (χ0n) is 11.7. The van der Waals surface area contributed by atoms with Crippen LogP contribution in [0.15, 0.2) is 34.9 Å². The number of benzene rings is 1. The van der Waals surface area contributed by atoms with Crippen LogP contribution >= 0.6 is 0 Å². The van der Waals surface area contributed by atoms with Gasteiger partial charge in [-0.2, -0.15) is 0 Å². The second-order valence-corrected chi connectivity index (χ2v) is 5.26. The number of nitrogens with one attached hydrogen (secondary N) is 1.